The number of ether oxygens (including phenoxy) is 1. The van der Waals surface area contributed by atoms with Gasteiger partial charge in [0, 0.05) is 31.4 Å². The molecule has 0 atom stereocenters. The summed E-state index contributed by atoms with van der Waals surface area (Å²) in [5.74, 6) is 0.0440. The lowest BCUT2D eigenvalue weighted by Gasteiger charge is -2.31. The Morgan fingerprint density at radius 1 is 0.912 bits per heavy atom. The second kappa shape index (κ2) is 11.2. The SMILES string of the molecule is COc1cccc(NC(=O)CN2CCCN(C(c3ccc(F)cc3)c3ccc(F)cc3)CC2)c1. The summed E-state index contributed by atoms with van der Waals surface area (Å²) >= 11 is 0. The van der Waals surface area contributed by atoms with Gasteiger partial charge in [-0.05, 0) is 60.5 Å². The Morgan fingerprint density at radius 3 is 2.18 bits per heavy atom. The molecule has 1 aliphatic rings. The first-order valence-electron chi connectivity index (χ1n) is 11.4. The summed E-state index contributed by atoms with van der Waals surface area (Å²) in [5.41, 5.74) is 2.61. The van der Waals surface area contributed by atoms with E-state index in [2.05, 4.69) is 15.1 Å². The molecule has 3 aromatic rings. The van der Waals surface area contributed by atoms with E-state index in [0.717, 1.165) is 37.2 Å². The molecule has 4 rings (SSSR count). The molecular formula is C27H29F2N3O2. The Labute approximate surface area is 198 Å². The Balaban J connectivity index is 1.43. The minimum absolute atomic E-state index is 0.0738. The topological polar surface area (TPSA) is 44.8 Å². The third kappa shape index (κ3) is 6.18. The summed E-state index contributed by atoms with van der Waals surface area (Å²) in [6.07, 6.45) is 0.880. The van der Waals surface area contributed by atoms with E-state index in [4.69, 9.17) is 4.74 Å². The van der Waals surface area contributed by atoms with Crippen molar-refractivity contribution in [2.24, 2.45) is 0 Å². The predicted molar refractivity (Wildman–Crippen MR) is 129 cm³/mol. The lowest BCUT2D eigenvalue weighted by molar-refractivity contribution is -0.117. The monoisotopic (exact) mass is 465 g/mol. The van der Waals surface area contributed by atoms with Gasteiger partial charge in [-0.25, -0.2) is 8.78 Å². The van der Waals surface area contributed by atoms with Crippen molar-refractivity contribution in [3.63, 3.8) is 0 Å². The van der Waals surface area contributed by atoms with E-state index < -0.39 is 0 Å². The van der Waals surface area contributed by atoms with Crippen LogP contribution in [0, 0.1) is 11.6 Å². The van der Waals surface area contributed by atoms with Crippen molar-refractivity contribution in [2.75, 3.05) is 45.2 Å². The zero-order valence-corrected chi connectivity index (χ0v) is 19.2. The van der Waals surface area contributed by atoms with Crippen LogP contribution >= 0.6 is 0 Å². The number of hydrogen-bond acceptors (Lipinski definition) is 4. The first-order chi connectivity index (χ1) is 16.5. The van der Waals surface area contributed by atoms with E-state index in [-0.39, 0.29) is 23.6 Å². The van der Waals surface area contributed by atoms with Gasteiger partial charge in [0.1, 0.15) is 17.4 Å². The normalized spacial score (nSPS) is 15.2. The molecule has 178 valence electrons. The number of halogens is 2. The number of rotatable bonds is 7. The van der Waals surface area contributed by atoms with Crippen LogP contribution in [0.2, 0.25) is 0 Å². The molecule has 0 saturated carbocycles. The number of carbonyl (C=O) groups is 1. The van der Waals surface area contributed by atoms with E-state index in [0.29, 0.717) is 24.5 Å². The summed E-state index contributed by atoms with van der Waals surface area (Å²) in [4.78, 5) is 17.1. The zero-order valence-electron chi connectivity index (χ0n) is 19.2. The Morgan fingerprint density at radius 2 is 1.56 bits per heavy atom. The molecule has 1 saturated heterocycles. The maximum atomic E-state index is 13.6. The lowest BCUT2D eigenvalue weighted by Crippen LogP contribution is -2.37. The smallest absolute Gasteiger partial charge is 0.238 e. The molecule has 0 unspecified atom stereocenters. The van der Waals surface area contributed by atoms with E-state index in [1.54, 1.807) is 37.4 Å². The predicted octanol–water partition coefficient (Wildman–Crippen LogP) is 4.71. The van der Waals surface area contributed by atoms with Crippen LogP contribution in [0.5, 0.6) is 5.75 Å². The Kier molecular flexibility index (Phi) is 7.87. The fourth-order valence-electron chi connectivity index (χ4n) is 4.42. The summed E-state index contributed by atoms with van der Waals surface area (Å²) < 4.78 is 32.4. The number of hydrogen-bond donors (Lipinski definition) is 1. The number of carbonyl (C=O) groups excluding carboxylic acids is 1. The van der Waals surface area contributed by atoms with Crippen LogP contribution in [0.15, 0.2) is 72.8 Å². The second-order valence-electron chi connectivity index (χ2n) is 8.45. The molecule has 0 aromatic heterocycles. The molecule has 1 heterocycles. The molecule has 5 nitrogen and oxygen atoms in total. The maximum absolute atomic E-state index is 13.6. The van der Waals surface area contributed by atoms with Crippen molar-refractivity contribution in [1.82, 2.24) is 9.80 Å². The van der Waals surface area contributed by atoms with Crippen molar-refractivity contribution < 1.29 is 18.3 Å². The maximum Gasteiger partial charge on any atom is 0.238 e. The van der Waals surface area contributed by atoms with Crippen molar-refractivity contribution in [3.8, 4) is 5.75 Å². The molecule has 7 heteroatoms. The van der Waals surface area contributed by atoms with Crippen LogP contribution in [-0.4, -0.2) is 55.5 Å². The van der Waals surface area contributed by atoms with Crippen LogP contribution in [0.25, 0.3) is 0 Å². The van der Waals surface area contributed by atoms with Gasteiger partial charge in [0.05, 0.1) is 19.7 Å². The second-order valence-corrected chi connectivity index (χ2v) is 8.45. The highest BCUT2D eigenvalue weighted by atomic mass is 19.1. The van der Waals surface area contributed by atoms with Crippen molar-refractivity contribution in [1.29, 1.82) is 0 Å². The molecule has 1 fully saturated rings. The molecule has 34 heavy (non-hydrogen) atoms. The summed E-state index contributed by atoms with van der Waals surface area (Å²) in [6.45, 7) is 3.34. The molecule has 1 amide bonds. The van der Waals surface area contributed by atoms with Gasteiger partial charge in [-0.15, -0.1) is 0 Å². The molecule has 3 aromatic carbocycles. The van der Waals surface area contributed by atoms with Crippen molar-refractivity contribution >= 4 is 11.6 Å². The molecule has 0 radical (unpaired) electrons. The van der Waals surface area contributed by atoms with Gasteiger partial charge in [0.15, 0.2) is 0 Å². The average Bonchev–Trinajstić information content (AvgIpc) is 3.07. The minimum Gasteiger partial charge on any atom is -0.497 e. The van der Waals surface area contributed by atoms with Gasteiger partial charge >= 0.3 is 0 Å². The quantitative estimate of drug-likeness (QED) is 0.549. The lowest BCUT2D eigenvalue weighted by atomic mass is 9.96. The van der Waals surface area contributed by atoms with Crippen molar-refractivity contribution in [3.05, 3.63) is 95.6 Å². The van der Waals surface area contributed by atoms with Crippen LogP contribution in [0.3, 0.4) is 0 Å². The van der Waals surface area contributed by atoms with Gasteiger partial charge in [0.25, 0.3) is 0 Å². The van der Waals surface area contributed by atoms with E-state index >= 15 is 0 Å². The van der Waals surface area contributed by atoms with E-state index in [1.165, 1.54) is 24.3 Å². The van der Waals surface area contributed by atoms with E-state index in [9.17, 15) is 13.6 Å². The minimum atomic E-state index is -0.286. The summed E-state index contributed by atoms with van der Waals surface area (Å²) in [6, 6.07) is 20.1. The Bertz CT molecular complexity index is 1040. The highest BCUT2D eigenvalue weighted by molar-refractivity contribution is 5.92. The van der Waals surface area contributed by atoms with Gasteiger partial charge in [0.2, 0.25) is 5.91 Å². The van der Waals surface area contributed by atoms with Crippen LogP contribution < -0.4 is 10.1 Å². The van der Waals surface area contributed by atoms with Crippen LogP contribution in [-0.2, 0) is 4.79 Å². The molecule has 0 spiro atoms. The number of nitrogens with zero attached hydrogens (tertiary/aromatic N) is 2. The highest BCUT2D eigenvalue weighted by Gasteiger charge is 2.26. The summed E-state index contributed by atoms with van der Waals surface area (Å²) in [5, 5.41) is 2.94. The first kappa shape index (κ1) is 23.9. The fraction of sp³-hybridized carbons (Fsp3) is 0.296. The third-order valence-corrected chi connectivity index (χ3v) is 6.08. The molecule has 0 bridgehead atoms. The number of amides is 1. The Hall–Kier alpha value is -3.29. The summed E-state index contributed by atoms with van der Waals surface area (Å²) in [7, 11) is 1.59. The molecule has 1 aliphatic heterocycles. The van der Waals surface area contributed by atoms with Crippen LogP contribution in [0.1, 0.15) is 23.6 Å². The first-order valence-corrected chi connectivity index (χ1v) is 11.4. The third-order valence-electron chi connectivity index (χ3n) is 6.08. The largest absolute Gasteiger partial charge is 0.497 e. The average molecular weight is 466 g/mol. The molecule has 0 aliphatic carbocycles. The number of benzene rings is 3. The highest BCUT2D eigenvalue weighted by Crippen LogP contribution is 2.30. The van der Waals surface area contributed by atoms with E-state index in [1.807, 2.05) is 18.2 Å². The van der Waals surface area contributed by atoms with Gasteiger partial charge in [-0.2, -0.15) is 0 Å². The number of anilines is 1. The fourth-order valence-corrected chi connectivity index (χ4v) is 4.42. The van der Waals surface area contributed by atoms with Crippen molar-refractivity contribution in [2.45, 2.75) is 12.5 Å². The standard InChI is InChI=1S/C27H29F2N3O2/c1-34-25-5-2-4-24(18-25)30-26(33)19-31-14-3-15-32(17-16-31)27(20-6-10-22(28)11-7-20)21-8-12-23(29)13-9-21/h2,4-13,18,27H,3,14-17,19H2,1H3,(H,30,33). The molecular weight excluding hydrogens is 436 g/mol. The van der Waals surface area contributed by atoms with Crippen LogP contribution in [0.4, 0.5) is 14.5 Å². The van der Waals surface area contributed by atoms with Gasteiger partial charge < -0.3 is 10.1 Å². The number of nitrogens with one attached hydrogen (secondary N) is 1. The number of methoxy groups -OCH3 is 1. The molecule has 1 N–H and O–H groups in total. The van der Waals surface area contributed by atoms with Gasteiger partial charge in [-0.3, -0.25) is 14.6 Å². The zero-order chi connectivity index (χ0) is 23.9. The van der Waals surface area contributed by atoms with Gasteiger partial charge in [-0.1, -0.05) is 30.3 Å².